The van der Waals surface area contributed by atoms with Gasteiger partial charge in [0.15, 0.2) is 5.71 Å². The number of ether oxygens (including phenoxy) is 3. The number of carbonyl (C=O) groups is 1. The Kier molecular flexibility index (Phi) is 5.92. The third-order valence-corrected chi connectivity index (χ3v) is 6.83. The molecule has 0 radical (unpaired) electrons. The molecule has 0 saturated heterocycles. The second-order valence-corrected chi connectivity index (χ2v) is 8.70. The van der Waals surface area contributed by atoms with E-state index < -0.39 is 5.97 Å². The molecule has 0 aromatic heterocycles. The van der Waals surface area contributed by atoms with Gasteiger partial charge in [-0.2, -0.15) is 0 Å². The molecule has 1 unspecified atom stereocenters. The van der Waals surface area contributed by atoms with E-state index in [0.717, 1.165) is 32.1 Å². The highest BCUT2D eigenvalue weighted by Crippen LogP contribution is 2.56. The molecule has 1 atom stereocenters. The van der Waals surface area contributed by atoms with Gasteiger partial charge in [-0.05, 0) is 36.2 Å². The van der Waals surface area contributed by atoms with Gasteiger partial charge in [-0.1, -0.05) is 60.3 Å². The van der Waals surface area contributed by atoms with Crippen LogP contribution in [0.25, 0.3) is 5.57 Å². The van der Waals surface area contributed by atoms with Crippen molar-refractivity contribution in [1.29, 1.82) is 0 Å². The number of methoxy groups -OCH3 is 1. The van der Waals surface area contributed by atoms with Crippen molar-refractivity contribution in [3.05, 3.63) is 94.4 Å². The zero-order valence-electron chi connectivity index (χ0n) is 18.4. The molecule has 0 saturated carbocycles. The number of aliphatic imine (C=N–C) groups is 1. The van der Waals surface area contributed by atoms with Crippen LogP contribution in [0.1, 0.15) is 29.7 Å². The summed E-state index contributed by atoms with van der Waals surface area (Å²) in [5, 5.41) is 0. The van der Waals surface area contributed by atoms with E-state index in [1.807, 2.05) is 60.7 Å². The smallest absolute Gasteiger partial charge is 0.357 e. The Balaban J connectivity index is 1.60. The van der Waals surface area contributed by atoms with Gasteiger partial charge in [0.1, 0.15) is 24.1 Å². The first-order chi connectivity index (χ1) is 16.2. The number of fused-ring (bicyclic) bond motifs is 3. The van der Waals surface area contributed by atoms with Gasteiger partial charge >= 0.3 is 5.97 Å². The number of rotatable bonds is 7. The van der Waals surface area contributed by atoms with Gasteiger partial charge in [-0.25, -0.2) is 4.79 Å². The first-order valence-corrected chi connectivity index (χ1v) is 11.6. The summed E-state index contributed by atoms with van der Waals surface area (Å²) in [6.45, 7) is 2.48. The molecule has 0 N–H and O–H groups in total. The summed E-state index contributed by atoms with van der Waals surface area (Å²) in [5.41, 5.74) is 4.07. The van der Waals surface area contributed by atoms with E-state index >= 15 is 0 Å². The zero-order chi connectivity index (χ0) is 22.8. The van der Waals surface area contributed by atoms with E-state index in [1.165, 1.54) is 0 Å². The first kappa shape index (κ1) is 21.3. The van der Waals surface area contributed by atoms with Crippen LogP contribution in [0.2, 0.25) is 0 Å². The van der Waals surface area contributed by atoms with Crippen LogP contribution in [0.5, 0.6) is 11.5 Å². The maximum Gasteiger partial charge on any atom is 0.357 e. The first-order valence-electron chi connectivity index (χ1n) is 10.8. The topological polar surface area (TPSA) is 57.1 Å². The second-order valence-electron chi connectivity index (χ2n) is 7.62. The molecule has 0 bridgehead atoms. The van der Waals surface area contributed by atoms with Gasteiger partial charge in [0.25, 0.3) is 0 Å². The van der Waals surface area contributed by atoms with Gasteiger partial charge in [-0.3, -0.25) is 4.99 Å². The Morgan fingerprint density at radius 1 is 1.03 bits per heavy atom. The van der Waals surface area contributed by atoms with Gasteiger partial charge in [0.2, 0.25) is 0 Å². The monoisotopic (exact) mass is 457 g/mol. The molecule has 5 nitrogen and oxygen atoms in total. The molecule has 0 amide bonds. The summed E-state index contributed by atoms with van der Waals surface area (Å²) < 4.78 is 17.1. The lowest BCUT2D eigenvalue weighted by Gasteiger charge is -2.16. The fourth-order valence-corrected chi connectivity index (χ4v) is 5.33. The molecule has 0 aliphatic carbocycles. The lowest BCUT2D eigenvalue weighted by Crippen LogP contribution is -2.18. The van der Waals surface area contributed by atoms with Crippen molar-refractivity contribution >= 4 is 29.0 Å². The predicted molar refractivity (Wildman–Crippen MR) is 130 cm³/mol. The van der Waals surface area contributed by atoms with Gasteiger partial charge < -0.3 is 14.2 Å². The normalized spacial score (nSPS) is 16.2. The SMILES string of the molecule is CCOC(=O)C1=NC2C(=C1c1ccc(OC)cc1OCc1ccccc1)Sc1ccccc12. The number of carbonyl (C=O) groups excluding carboxylic acids is 1. The number of thioether (sulfide) groups is 1. The van der Waals surface area contributed by atoms with Crippen LogP contribution in [-0.2, 0) is 16.1 Å². The molecule has 2 heterocycles. The molecular weight excluding hydrogens is 434 g/mol. The van der Waals surface area contributed by atoms with Crippen molar-refractivity contribution < 1.29 is 19.0 Å². The molecule has 0 fully saturated rings. The minimum atomic E-state index is -0.419. The Bertz CT molecular complexity index is 1270. The Morgan fingerprint density at radius 3 is 2.61 bits per heavy atom. The lowest BCUT2D eigenvalue weighted by atomic mass is 9.98. The fraction of sp³-hybridized carbons (Fsp3) is 0.185. The second kappa shape index (κ2) is 9.16. The molecule has 6 heteroatoms. The quantitative estimate of drug-likeness (QED) is 0.417. The number of nitrogens with zero attached hydrogens (tertiary/aromatic N) is 1. The van der Waals surface area contributed by atoms with Crippen molar-refractivity contribution in [2.45, 2.75) is 24.5 Å². The van der Waals surface area contributed by atoms with Crippen LogP contribution in [0.15, 0.2) is 87.6 Å². The van der Waals surface area contributed by atoms with Crippen LogP contribution in [0, 0.1) is 0 Å². The molecule has 166 valence electrons. The van der Waals surface area contributed by atoms with Gasteiger partial charge in [0, 0.05) is 27.0 Å². The Hall–Kier alpha value is -3.51. The van der Waals surface area contributed by atoms with Crippen molar-refractivity contribution in [3.63, 3.8) is 0 Å². The number of hydrogen-bond acceptors (Lipinski definition) is 6. The molecule has 0 spiro atoms. The molecule has 3 aromatic carbocycles. The van der Waals surface area contributed by atoms with Crippen molar-refractivity contribution in [3.8, 4) is 11.5 Å². The highest BCUT2D eigenvalue weighted by Gasteiger charge is 2.40. The summed E-state index contributed by atoms with van der Waals surface area (Å²) >= 11 is 1.65. The van der Waals surface area contributed by atoms with Crippen molar-refractivity contribution in [2.24, 2.45) is 4.99 Å². The Morgan fingerprint density at radius 2 is 1.82 bits per heavy atom. The largest absolute Gasteiger partial charge is 0.497 e. The summed E-state index contributed by atoms with van der Waals surface area (Å²) in [6, 6.07) is 23.6. The molecule has 5 rings (SSSR count). The van der Waals surface area contributed by atoms with Gasteiger partial charge in [0.05, 0.1) is 13.7 Å². The molecular formula is C27H23NO4S. The molecule has 3 aromatic rings. The summed E-state index contributed by atoms with van der Waals surface area (Å²) in [6.07, 6.45) is 0. The summed E-state index contributed by atoms with van der Waals surface area (Å²) in [4.78, 5) is 19.9. The van der Waals surface area contributed by atoms with Crippen molar-refractivity contribution in [1.82, 2.24) is 0 Å². The standard InChI is InChI=1S/C27H23NO4S/c1-3-31-27(29)25-23(26-24(28-25)20-11-7-8-12-22(20)33-26)19-14-13-18(30-2)15-21(19)32-16-17-9-5-4-6-10-17/h4-15,24H,3,16H2,1-2H3. The minimum absolute atomic E-state index is 0.204. The number of hydrogen-bond donors (Lipinski definition) is 0. The van der Waals surface area contributed by atoms with Gasteiger partial charge in [-0.15, -0.1) is 0 Å². The van der Waals surface area contributed by atoms with E-state index in [4.69, 9.17) is 19.2 Å². The highest BCUT2D eigenvalue weighted by molar-refractivity contribution is 8.03. The third-order valence-electron chi connectivity index (χ3n) is 5.59. The minimum Gasteiger partial charge on any atom is -0.497 e. The average molecular weight is 458 g/mol. The maximum absolute atomic E-state index is 12.9. The fourth-order valence-electron chi connectivity index (χ4n) is 4.05. The maximum atomic E-state index is 12.9. The Labute approximate surface area is 197 Å². The molecule has 2 aliphatic rings. The average Bonchev–Trinajstić information content (AvgIpc) is 3.40. The van der Waals surface area contributed by atoms with Crippen LogP contribution in [0.4, 0.5) is 0 Å². The van der Waals surface area contributed by atoms with Crippen molar-refractivity contribution in [2.75, 3.05) is 13.7 Å². The van der Waals surface area contributed by atoms with Crippen LogP contribution in [0.3, 0.4) is 0 Å². The molecule has 33 heavy (non-hydrogen) atoms. The van der Waals surface area contributed by atoms with Crippen LogP contribution < -0.4 is 9.47 Å². The number of esters is 1. The van der Waals surface area contributed by atoms with Crippen LogP contribution >= 0.6 is 11.8 Å². The lowest BCUT2D eigenvalue weighted by molar-refractivity contribution is -0.134. The summed E-state index contributed by atoms with van der Waals surface area (Å²) in [7, 11) is 1.62. The predicted octanol–water partition coefficient (Wildman–Crippen LogP) is 5.85. The highest BCUT2D eigenvalue weighted by atomic mass is 32.2. The van der Waals surface area contributed by atoms with E-state index in [0.29, 0.717) is 23.8 Å². The van der Waals surface area contributed by atoms with Crippen LogP contribution in [-0.4, -0.2) is 25.4 Å². The zero-order valence-corrected chi connectivity index (χ0v) is 19.2. The summed E-state index contributed by atoms with van der Waals surface area (Å²) in [5.74, 6) is 0.895. The van der Waals surface area contributed by atoms with E-state index in [-0.39, 0.29) is 12.6 Å². The molecule has 2 aliphatic heterocycles. The number of benzene rings is 3. The van der Waals surface area contributed by atoms with E-state index in [9.17, 15) is 4.79 Å². The third kappa shape index (κ3) is 4.02. The van der Waals surface area contributed by atoms with E-state index in [1.54, 1.807) is 25.8 Å². The van der Waals surface area contributed by atoms with E-state index in [2.05, 4.69) is 12.1 Å².